The molecule has 0 radical (unpaired) electrons. The molecule has 1 aromatic heterocycles. The van der Waals surface area contributed by atoms with Crippen LogP contribution in [0.2, 0.25) is 0 Å². The van der Waals surface area contributed by atoms with Crippen LogP contribution in [0.1, 0.15) is 31.9 Å². The van der Waals surface area contributed by atoms with Crippen LogP contribution in [0.4, 0.5) is 18.9 Å². The molecule has 6 heteroatoms. The average Bonchev–Trinajstić information content (AvgIpc) is 2.75. The molecule has 2 nitrogen and oxygen atoms in total. The number of alkyl halides is 4. The predicted molar refractivity (Wildman–Crippen MR) is 72.6 cm³/mol. The zero-order valence-corrected chi connectivity index (χ0v) is 12.2. The summed E-state index contributed by atoms with van der Waals surface area (Å²) in [6.45, 7) is 2.87. The van der Waals surface area contributed by atoms with E-state index in [4.69, 9.17) is 0 Å². The summed E-state index contributed by atoms with van der Waals surface area (Å²) in [5.74, 6) is 0. The van der Waals surface area contributed by atoms with Crippen molar-refractivity contribution in [1.29, 1.82) is 0 Å². The average molecular weight is 337 g/mol. The quantitative estimate of drug-likeness (QED) is 0.767. The van der Waals surface area contributed by atoms with Gasteiger partial charge in [-0.3, -0.25) is 4.98 Å². The van der Waals surface area contributed by atoms with E-state index >= 15 is 0 Å². The van der Waals surface area contributed by atoms with Crippen molar-refractivity contribution in [3.63, 3.8) is 0 Å². The van der Waals surface area contributed by atoms with Gasteiger partial charge in [0.05, 0.1) is 0 Å². The zero-order chi connectivity index (χ0) is 14.0. The number of hydrogen-bond donors (Lipinski definition) is 0. The van der Waals surface area contributed by atoms with E-state index in [2.05, 4.69) is 32.7 Å². The predicted octanol–water partition coefficient (Wildman–Crippen LogP) is 4.24. The van der Waals surface area contributed by atoms with Crippen LogP contribution >= 0.6 is 15.9 Å². The van der Waals surface area contributed by atoms with E-state index in [0.29, 0.717) is 16.6 Å². The minimum absolute atomic E-state index is 0.304. The monoisotopic (exact) mass is 336 g/mol. The van der Waals surface area contributed by atoms with Gasteiger partial charge in [0.15, 0.2) is 0 Å². The molecule has 0 saturated carbocycles. The first-order chi connectivity index (χ1) is 8.88. The molecular formula is C13H16BrF3N2. The highest BCUT2D eigenvalue weighted by atomic mass is 79.9. The van der Waals surface area contributed by atoms with Crippen molar-refractivity contribution in [2.24, 2.45) is 0 Å². The number of pyridine rings is 1. The van der Waals surface area contributed by atoms with Gasteiger partial charge in [0.1, 0.15) is 5.69 Å². The van der Waals surface area contributed by atoms with E-state index in [1.165, 1.54) is 6.20 Å². The number of nitrogens with zero attached hydrogens (tertiary/aromatic N) is 2. The zero-order valence-electron chi connectivity index (χ0n) is 10.6. The van der Waals surface area contributed by atoms with Crippen molar-refractivity contribution in [3.05, 3.63) is 24.0 Å². The Morgan fingerprint density at radius 3 is 2.89 bits per heavy atom. The molecule has 1 aliphatic rings. The molecule has 1 aromatic rings. The first-order valence-electron chi connectivity index (χ1n) is 6.32. The fourth-order valence-corrected chi connectivity index (χ4v) is 2.98. The molecule has 2 unspecified atom stereocenters. The fourth-order valence-electron chi connectivity index (χ4n) is 2.55. The van der Waals surface area contributed by atoms with Gasteiger partial charge in [-0.2, -0.15) is 13.2 Å². The maximum Gasteiger partial charge on any atom is 0.433 e. The van der Waals surface area contributed by atoms with Gasteiger partial charge in [-0.15, -0.1) is 0 Å². The highest BCUT2D eigenvalue weighted by Gasteiger charge is 2.34. The van der Waals surface area contributed by atoms with Crippen molar-refractivity contribution < 1.29 is 13.2 Å². The van der Waals surface area contributed by atoms with Crippen molar-refractivity contribution >= 4 is 21.6 Å². The van der Waals surface area contributed by atoms with E-state index in [1.807, 2.05) is 0 Å². The third kappa shape index (κ3) is 3.61. The van der Waals surface area contributed by atoms with Gasteiger partial charge in [-0.25, -0.2) is 0 Å². The molecular weight excluding hydrogens is 321 g/mol. The maximum absolute atomic E-state index is 12.7. The third-order valence-electron chi connectivity index (χ3n) is 3.34. The van der Waals surface area contributed by atoms with Crippen LogP contribution in [0.15, 0.2) is 18.3 Å². The topological polar surface area (TPSA) is 16.1 Å². The largest absolute Gasteiger partial charge is 0.433 e. The van der Waals surface area contributed by atoms with Gasteiger partial charge in [-0.05, 0) is 31.4 Å². The highest BCUT2D eigenvalue weighted by Crippen LogP contribution is 2.33. The minimum atomic E-state index is -4.38. The fraction of sp³-hybridized carbons (Fsp3) is 0.615. The van der Waals surface area contributed by atoms with Crippen molar-refractivity contribution in [3.8, 4) is 0 Å². The van der Waals surface area contributed by atoms with Crippen LogP contribution in [0, 0.1) is 0 Å². The number of halogens is 4. The summed E-state index contributed by atoms with van der Waals surface area (Å²) in [7, 11) is 0. The Labute approximate surface area is 119 Å². The third-order valence-corrected chi connectivity index (χ3v) is 3.71. The van der Waals surface area contributed by atoms with Crippen LogP contribution in [0.3, 0.4) is 0 Å². The van der Waals surface area contributed by atoms with E-state index in [0.717, 1.165) is 31.9 Å². The Morgan fingerprint density at radius 1 is 1.53 bits per heavy atom. The second-order valence-electron chi connectivity index (χ2n) is 4.90. The summed E-state index contributed by atoms with van der Waals surface area (Å²) in [4.78, 5) is 5.83. The first kappa shape index (κ1) is 14.6. The maximum atomic E-state index is 12.7. The molecule has 106 valence electrons. The lowest BCUT2D eigenvalue weighted by Crippen LogP contribution is -2.31. The van der Waals surface area contributed by atoms with Crippen LogP contribution in [-0.2, 0) is 6.18 Å². The van der Waals surface area contributed by atoms with Gasteiger partial charge in [0.2, 0.25) is 0 Å². The van der Waals surface area contributed by atoms with Crippen LogP contribution in [0.5, 0.6) is 0 Å². The molecule has 0 aliphatic carbocycles. The number of rotatable bonds is 3. The Kier molecular flexibility index (Phi) is 4.38. The molecule has 1 aliphatic heterocycles. The molecule has 19 heavy (non-hydrogen) atoms. The summed E-state index contributed by atoms with van der Waals surface area (Å²) in [6, 6.07) is 3.11. The summed E-state index contributed by atoms with van der Waals surface area (Å²) in [5.41, 5.74) is -0.194. The van der Waals surface area contributed by atoms with Crippen LogP contribution in [-0.4, -0.2) is 22.4 Å². The molecule has 1 fully saturated rings. The molecule has 2 heterocycles. The molecule has 1 saturated heterocycles. The Hall–Kier alpha value is -0.780. The molecule has 0 N–H and O–H groups in total. The van der Waals surface area contributed by atoms with Gasteiger partial charge in [0.25, 0.3) is 0 Å². The smallest absolute Gasteiger partial charge is 0.368 e. The van der Waals surface area contributed by atoms with E-state index in [1.54, 1.807) is 6.07 Å². The molecule has 0 bridgehead atoms. The van der Waals surface area contributed by atoms with Gasteiger partial charge >= 0.3 is 6.18 Å². The van der Waals surface area contributed by atoms with Gasteiger partial charge in [-0.1, -0.05) is 22.9 Å². The summed E-state index contributed by atoms with van der Waals surface area (Å²) < 4.78 is 38.0. The van der Waals surface area contributed by atoms with E-state index in [9.17, 15) is 13.2 Å². The lowest BCUT2D eigenvalue weighted by Gasteiger charge is -2.28. The number of hydrogen-bond acceptors (Lipinski definition) is 2. The van der Waals surface area contributed by atoms with Crippen LogP contribution in [0.25, 0.3) is 0 Å². The van der Waals surface area contributed by atoms with Crippen molar-refractivity contribution in [2.75, 3.05) is 11.4 Å². The Bertz CT molecular complexity index is 434. The van der Waals surface area contributed by atoms with Crippen molar-refractivity contribution in [1.82, 2.24) is 4.98 Å². The molecule has 2 rings (SSSR count). The lowest BCUT2D eigenvalue weighted by atomic mass is 10.1. The standard InChI is InChI=1S/C13H16BrF3N2/c1-9(14)7-10-3-2-6-19(10)11-4-5-18-12(8-11)13(15,16)17/h4-5,8-10H,2-3,6-7H2,1H3. The lowest BCUT2D eigenvalue weighted by molar-refractivity contribution is -0.141. The van der Waals surface area contributed by atoms with Crippen molar-refractivity contribution in [2.45, 2.75) is 43.2 Å². The Morgan fingerprint density at radius 2 is 2.26 bits per heavy atom. The summed E-state index contributed by atoms with van der Waals surface area (Å²) in [6.07, 6.45) is -0.156. The van der Waals surface area contributed by atoms with E-state index < -0.39 is 11.9 Å². The highest BCUT2D eigenvalue weighted by molar-refractivity contribution is 9.09. The SMILES string of the molecule is CC(Br)CC1CCCN1c1ccnc(C(F)(F)F)c1. The van der Waals surface area contributed by atoms with Gasteiger partial charge < -0.3 is 4.90 Å². The summed E-state index contributed by atoms with van der Waals surface area (Å²) in [5, 5.41) is 0. The number of aromatic nitrogens is 1. The first-order valence-corrected chi connectivity index (χ1v) is 7.23. The van der Waals surface area contributed by atoms with Crippen LogP contribution < -0.4 is 4.90 Å². The molecule has 2 atom stereocenters. The van der Waals surface area contributed by atoms with E-state index in [-0.39, 0.29) is 0 Å². The Balaban J connectivity index is 2.21. The van der Waals surface area contributed by atoms with Gasteiger partial charge in [0, 0.05) is 29.3 Å². The molecule has 0 aromatic carbocycles. The minimum Gasteiger partial charge on any atom is -0.368 e. The second-order valence-corrected chi connectivity index (χ2v) is 6.47. The summed E-state index contributed by atoms with van der Waals surface area (Å²) >= 11 is 3.51. The second kappa shape index (κ2) is 5.69. The molecule has 0 amide bonds. The normalized spacial score (nSPS) is 21.7. The molecule has 0 spiro atoms. The number of anilines is 1.